The van der Waals surface area contributed by atoms with E-state index in [1.807, 2.05) is 37.3 Å². The van der Waals surface area contributed by atoms with Crippen LogP contribution in [-0.2, 0) is 11.2 Å². The van der Waals surface area contributed by atoms with E-state index in [4.69, 9.17) is 23.7 Å². The summed E-state index contributed by atoms with van der Waals surface area (Å²) in [4.78, 5) is 4.63. The van der Waals surface area contributed by atoms with Crippen LogP contribution in [0.3, 0.4) is 0 Å². The third-order valence-corrected chi connectivity index (χ3v) is 4.86. The fourth-order valence-electron chi connectivity index (χ4n) is 3.31. The number of rotatable bonds is 8. The Labute approximate surface area is 205 Å². The van der Waals surface area contributed by atoms with E-state index in [1.165, 1.54) is 5.56 Å². The zero-order valence-electron chi connectivity index (χ0n) is 18.2. The first-order valence-corrected chi connectivity index (χ1v) is 10.7. The molecule has 0 aliphatic carbocycles. The second-order valence-corrected chi connectivity index (χ2v) is 7.13. The van der Waals surface area contributed by atoms with Gasteiger partial charge in [0.15, 0.2) is 29.0 Å². The fraction of sp³-hybridized carbons (Fsp3) is 0.435. The first kappa shape index (κ1) is 24.2. The number of benzene rings is 2. The van der Waals surface area contributed by atoms with E-state index in [0.717, 1.165) is 41.5 Å². The van der Waals surface area contributed by atoms with Gasteiger partial charge in [-0.15, -0.1) is 24.0 Å². The molecule has 0 saturated heterocycles. The van der Waals surface area contributed by atoms with E-state index in [1.54, 1.807) is 0 Å². The molecule has 0 saturated carbocycles. The lowest BCUT2D eigenvalue weighted by Gasteiger charge is -2.15. The third-order valence-electron chi connectivity index (χ3n) is 4.86. The van der Waals surface area contributed by atoms with E-state index in [0.29, 0.717) is 45.5 Å². The molecular formula is C23H30IN3O5. The molecule has 2 aliphatic heterocycles. The molecule has 0 unspecified atom stereocenters. The summed E-state index contributed by atoms with van der Waals surface area (Å²) in [7, 11) is 0. The number of halogens is 1. The first-order valence-electron chi connectivity index (χ1n) is 10.7. The molecule has 0 atom stereocenters. The molecule has 0 spiro atoms. The standard InChI is InChI=1S/C23H29N3O5.HI/c1-2-27-13-10-25-23(24-9-8-17-4-6-20-21(14-17)31-16-30-20)26-18-5-7-19-22(15-18)29-12-3-11-28-19;/h4-7,14-15H,2-3,8-13,16H2,1H3,(H2,24,25,26);1H. The van der Waals surface area contributed by atoms with Crippen LogP contribution in [0.4, 0.5) is 5.69 Å². The summed E-state index contributed by atoms with van der Waals surface area (Å²) in [5.74, 6) is 3.81. The lowest BCUT2D eigenvalue weighted by molar-refractivity contribution is 0.156. The van der Waals surface area contributed by atoms with Crippen molar-refractivity contribution in [2.75, 3.05) is 51.6 Å². The molecule has 2 aliphatic rings. The summed E-state index contributed by atoms with van der Waals surface area (Å²) in [6.07, 6.45) is 1.70. The van der Waals surface area contributed by atoms with Gasteiger partial charge < -0.3 is 34.3 Å². The maximum absolute atomic E-state index is 5.79. The highest BCUT2D eigenvalue weighted by atomic mass is 127. The average Bonchev–Trinajstić information content (AvgIpc) is 3.13. The molecule has 0 amide bonds. The Morgan fingerprint density at radius 3 is 2.59 bits per heavy atom. The van der Waals surface area contributed by atoms with Gasteiger partial charge in [0, 0.05) is 31.3 Å². The van der Waals surface area contributed by atoms with E-state index in [9.17, 15) is 0 Å². The zero-order valence-corrected chi connectivity index (χ0v) is 20.6. The van der Waals surface area contributed by atoms with Crippen molar-refractivity contribution in [3.63, 3.8) is 0 Å². The molecule has 0 radical (unpaired) electrons. The number of hydrogen-bond acceptors (Lipinski definition) is 6. The summed E-state index contributed by atoms with van der Waals surface area (Å²) in [6.45, 7) is 6.12. The highest BCUT2D eigenvalue weighted by molar-refractivity contribution is 14.0. The number of ether oxygens (including phenoxy) is 5. The van der Waals surface area contributed by atoms with Crippen LogP contribution in [0.15, 0.2) is 41.4 Å². The molecule has 32 heavy (non-hydrogen) atoms. The van der Waals surface area contributed by atoms with Crippen molar-refractivity contribution in [1.82, 2.24) is 5.32 Å². The Kier molecular flexibility index (Phi) is 9.54. The molecule has 9 heteroatoms. The summed E-state index contributed by atoms with van der Waals surface area (Å²) < 4.78 is 27.8. The largest absolute Gasteiger partial charge is 0.490 e. The number of hydrogen-bond donors (Lipinski definition) is 2. The maximum Gasteiger partial charge on any atom is 0.231 e. The van der Waals surface area contributed by atoms with Crippen molar-refractivity contribution in [2.24, 2.45) is 4.99 Å². The van der Waals surface area contributed by atoms with Gasteiger partial charge >= 0.3 is 0 Å². The second kappa shape index (κ2) is 12.6. The van der Waals surface area contributed by atoms with Crippen LogP contribution in [0.1, 0.15) is 18.9 Å². The second-order valence-electron chi connectivity index (χ2n) is 7.13. The summed E-state index contributed by atoms with van der Waals surface area (Å²) in [5.41, 5.74) is 2.05. The van der Waals surface area contributed by atoms with E-state index in [-0.39, 0.29) is 30.8 Å². The normalized spacial score (nSPS) is 14.3. The lowest BCUT2D eigenvalue weighted by atomic mass is 10.1. The molecule has 2 heterocycles. The van der Waals surface area contributed by atoms with E-state index < -0.39 is 0 Å². The van der Waals surface area contributed by atoms with Gasteiger partial charge in [-0.05, 0) is 43.2 Å². The minimum Gasteiger partial charge on any atom is -0.490 e. The topological polar surface area (TPSA) is 82.6 Å². The number of guanidine groups is 1. The quantitative estimate of drug-likeness (QED) is 0.222. The Morgan fingerprint density at radius 1 is 0.969 bits per heavy atom. The Bertz CT molecular complexity index is 909. The Morgan fingerprint density at radius 2 is 1.72 bits per heavy atom. The van der Waals surface area contributed by atoms with E-state index in [2.05, 4.69) is 21.7 Å². The van der Waals surface area contributed by atoms with Gasteiger partial charge in [-0.3, -0.25) is 4.99 Å². The molecule has 174 valence electrons. The minimum atomic E-state index is 0. The van der Waals surface area contributed by atoms with Crippen LogP contribution in [0, 0.1) is 0 Å². The molecule has 4 rings (SSSR count). The maximum atomic E-state index is 5.79. The van der Waals surface area contributed by atoms with Crippen LogP contribution in [0.2, 0.25) is 0 Å². The molecule has 2 N–H and O–H groups in total. The number of fused-ring (bicyclic) bond motifs is 2. The molecule has 0 bridgehead atoms. The number of aliphatic imine (C=N–C) groups is 1. The lowest BCUT2D eigenvalue weighted by Crippen LogP contribution is -2.33. The molecule has 8 nitrogen and oxygen atoms in total. The first-order chi connectivity index (χ1) is 15.3. The number of nitrogens with one attached hydrogen (secondary N) is 2. The predicted molar refractivity (Wildman–Crippen MR) is 134 cm³/mol. The molecular weight excluding hydrogens is 525 g/mol. The van der Waals surface area contributed by atoms with Gasteiger partial charge in [0.05, 0.1) is 26.4 Å². The zero-order chi connectivity index (χ0) is 21.3. The van der Waals surface area contributed by atoms with Gasteiger partial charge in [-0.2, -0.15) is 0 Å². The summed E-state index contributed by atoms with van der Waals surface area (Å²) in [6, 6.07) is 11.9. The van der Waals surface area contributed by atoms with Crippen LogP contribution >= 0.6 is 24.0 Å². The van der Waals surface area contributed by atoms with Crippen molar-refractivity contribution in [3.05, 3.63) is 42.0 Å². The monoisotopic (exact) mass is 555 g/mol. The average molecular weight is 555 g/mol. The van der Waals surface area contributed by atoms with Gasteiger partial charge in [0.1, 0.15) is 0 Å². The minimum absolute atomic E-state index is 0. The van der Waals surface area contributed by atoms with Crippen LogP contribution < -0.4 is 29.6 Å². The van der Waals surface area contributed by atoms with Gasteiger partial charge in [-0.1, -0.05) is 6.07 Å². The van der Waals surface area contributed by atoms with Crippen molar-refractivity contribution < 1.29 is 23.7 Å². The van der Waals surface area contributed by atoms with E-state index >= 15 is 0 Å². The smallest absolute Gasteiger partial charge is 0.231 e. The van der Waals surface area contributed by atoms with Crippen molar-refractivity contribution >= 4 is 35.6 Å². The molecule has 0 aromatic heterocycles. The Balaban J connectivity index is 0.00000289. The van der Waals surface area contributed by atoms with Crippen LogP contribution in [0.5, 0.6) is 23.0 Å². The SMILES string of the molecule is CCOCCN=C(NCCc1ccc2c(c1)OCO2)Nc1ccc2c(c1)OCCCO2.I. The highest BCUT2D eigenvalue weighted by Gasteiger charge is 2.14. The molecule has 2 aromatic carbocycles. The van der Waals surface area contributed by atoms with Crippen molar-refractivity contribution in [2.45, 2.75) is 19.8 Å². The summed E-state index contributed by atoms with van der Waals surface area (Å²) in [5, 5.41) is 6.75. The Hall–Kier alpha value is -2.40. The van der Waals surface area contributed by atoms with Gasteiger partial charge in [0.25, 0.3) is 0 Å². The number of nitrogens with zero attached hydrogens (tertiary/aromatic N) is 1. The fourth-order valence-corrected chi connectivity index (χ4v) is 3.31. The van der Waals surface area contributed by atoms with Crippen LogP contribution in [-0.4, -0.2) is 52.3 Å². The number of anilines is 1. The van der Waals surface area contributed by atoms with Crippen molar-refractivity contribution in [3.8, 4) is 23.0 Å². The summed E-state index contributed by atoms with van der Waals surface area (Å²) >= 11 is 0. The van der Waals surface area contributed by atoms with Crippen molar-refractivity contribution in [1.29, 1.82) is 0 Å². The third kappa shape index (κ3) is 6.80. The molecule has 2 aromatic rings. The predicted octanol–water partition coefficient (Wildman–Crippen LogP) is 3.83. The highest BCUT2D eigenvalue weighted by Crippen LogP contribution is 2.33. The van der Waals surface area contributed by atoms with Crippen LogP contribution in [0.25, 0.3) is 0 Å². The van der Waals surface area contributed by atoms with Gasteiger partial charge in [0.2, 0.25) is 6.79 Å². The molecule has 0 fully saturated rings. The van der Waals surface area contributed by atoms with Gasteiger partial charge in [-0.25, -0.2) is 0 Å².